The number of rotatable bonds is 7. The van der Waals surface area contributed by atoms with Crippen LogP contribution >= 0.6 is 0 Å². The summed E-state index contributed by atoms with van der Waals surface area (Å²) in [7, 11) is 0. The number of halogens is 1. The van der Waals surface area contributed by atoms with Crippen molar-refractivity contribution in [3.05, 3.63) is 75.8 Å². The van der Waals surface area contributed by atoms with Crippen LogP contribution in [0.3, 0.4) is 0 Å². The molecule has 5 nitrogen and oxygen atoms in total. The van der Waals surface area contributed by atoms with Crippen LogP contribution in [0.15, 0.2) is 53.3 Å². The van der Waals surface area contributed by atoms with Gasteiger partial charge in [0.05, 0.1) is 12.1 Å². The lowest BCUT2D eigenvalue weighted by atomic mass is 10.1. The zero-order chi connectivity index (χ0) is 21.0. The third kappa shape index (κ3) is 5.22. The molecule has 0 unspecified atom stereocenters. The van der Waals surface area contributed by atoms with Crippen LogP contribution in [0.2, 0.25) is 0 Å². The molecule has 0 atom stereocenters. The first-order valence-electron chi connectivity index (χ1n) is 9.61. The molecule has 0 aliphatic rings. The van der Waals surface area contributed by atoms with Gasteiger partial charge < -0.3 is 14.6 Å². The summed E-state index contributed by atoms with van der Waals surface area (Å²) < 4.78 is 20.8. The third-order valence-corrected chi connectivity index (χ3v) is 4.60. The second-order valence-electron chi connectivity index (χ2n) is 7.55. The maximum atomic E-state index is 13.6. The van der Waals surface area contributed by atoms with E-state index in [-0.39, 0.29) is 30.4 Å². The topological polar surface area (TPSA) is 60.3 Å². The molecular weight excluding hydrogens is 371 g/mol. The molecule has 0 saturated heterocycles. The quantitative estimate of drug-likeness (QED) is 0.663. The van der Waals surface area contributed by atoms with Crippen LogP contribution in [0.4, 0.5) is 4.39 Å². The molecule has 1 aromatic heterocycles. The number of carbonyl (C=O) groups excluding carboxylic acids is 1. The van der Waals surface area contributed by atoms with Crippen molar-refractivity contribution in [1.29, 1.82) is 0 Å². The Kier molecular flexibility index (Phi) is 6.32. The number of aromatic nitrogens is 1. The highest BCUT2D eigenvalue weighted by Gasteiger charge is 2.10. The summed E-state index contributed by atoms with van der Waals surface area (Å²) in [6.45, 7) is 6.64. The first kappa shape index (κ1) is 20.6. The second kappa shape index (κ2) is 8.90. The van der Waals surface area contributed by atoms with Crippen molar-refractivity contribution < 1.29 is 13.9 Å². The Morgan fingerprint density at radius 2 is 1.97 bits per heavy atom. The summed E-state index contributed by atoms with van der Waals surface area (Å²) in [6, 6.07) is 13.2. The van der Waals surface area contributed by atoms with Crippen molar-refractivity contribution in [2.75, 3.05) is 13.2 Å². The van der Waals surface area contributed by atoms with Crippen LogP contribution in [0.1, 0.15) is 25.0 Å². The van der Waals surface area contributed by atoms with E-state index in [1.54, 1.807) is 34.9 Å². The summed E-state index contributed by atoms with van der Waals surface area (Å²) >= 11 is 0. The molecule has 3 aromatic rings. The van der Waals surface area contributed by atoms with Crippen molar-refractivity contribution >= 4 is 16.8 Å². The lowest BCUT2D eigenvalue weighted by Crippen LogP contribution is -2.31. The molecule has 0 bridgehead atoms. The Bertz CT molecular complexity index is 1090. The lowest BCUT2D eigenvalue weighted by Gasteiger charge is -2.14. The first-order chi connectivity index (χ1) is 13.8. The van der Waals surface area contributed by atoms with Crippen LogP contribution in [0, 0.1) is 18.7 Å². The fourth-order valence-electron chi connectivity index (χ4n) is 3.12. The van der Waals surface area contributed by atoms with Gasteiger partial charge in [-0.15, -0.1) is 0 Å². The number of nitrogens with one attached hydrogen (secondary N) is 1. The molecule has 152 valence electrons. The predicted molar refractivity (Wildman–Crippen MR) is 112 cm³/mol. The van der Waals surface area contributed by atoms with E-state index in [2.05, 4.69) is 5.32 Å². The maximum Gasteiger partial charge on any atom is 0.257 e. The number of hydrogen-bond donors (Lipinski definition) is 1. The fourth-order valence-corrected chi connectivity index (χ4v) is 3.12. The molecule has 1 amide bonds. The van der Waals surface area contributed by atoms with E-state index in [1.807, 2.05) is 26.8 Å². The van der Waals surface area contributed by atoms with Gasteiger partial charge in [0.15, 0.2) is 6.61 Å². The molecule has 6 heteroatoms. The molecule has 0 aliphatic carbocycles. The summed E-state index contributed by atoms with van der Waals surface area (Å²) in [6.07, 6.45) is 0. The van der Waals surface area contributed by atoms with Gasteiger partial charge in [0.25, 0.3) is 11.5 Å². The minimum atomic E-state index is -0.344. The molecule has 1 N–H and O–H groups in total. The lowest BCUT2D eigenvalue weighted by molar-refractivity contribution is -0.123. The van der Waals surface area contributed by atoms with Crippen molar-refractivity contribution in [3.8, 4) is 5.75 Å². The number of amides is 1. The van der Waals surface area contributed by atoms with Gasteiger partial charge in [-0.25, -0.2) is 4.39 Å². The molecule has 2 aromatic carbocycles. The SMILES string of the molecule is Cc1cc(=O)n(Cc2cccc(F)c2)c2cc(OCC(=O)NCC(C)C)ccc12. The average Bonchev–Trinajstić information content (AvgIpc) is 2.67. The average molecular weight is 396 g/mol. The molecule has 1 heterocycles. The number of hydrogen-bond acceptors (Lipinski definition) is 3. The van der Waals surface area contributed by atoms with Crippen molar-refractivity contribution in [3.63, 3.8) is 0 Å². The summed E-state index contributed by atoms with van der Waals surface area (Å²) in [5.41, 5.74) is 2.05. The highest BCUT2D eigenvalue weighted by molar-refractivity contribution is 5.84. The van der Waals surface area contributed by atoms with E-state index in [0.29, 0.717) is 29.3 Å². The molecule has 29 heavy (non-hydrogen) atoms. The van der Waals surface area contributed by atoms with Crippen LogP contribution in [0.25, 0.3) is 10.9 Å². The minimum absolute atomic E-state index is 0.0990. The predicted octanol–water partition coefficient (Wildman–Crippen LogP) is 3.65. The summed E-state index contributed by atoms with van der Waals surface area (Å²) in [5, 5.41) is 3.70. The summed E-state index contributed by atoms with van der Waals surface area (Å²) in [4.78, 5) is 24.5. The van der Waals surface area contributed by atoms with Gasteiger partial charge >= 0.3 is 0 Å². The van der Waals surface area contributed by atoms with E-state index in [1.165, 1.54) is 12.1 Å². The smallest absolute Gasteiger partial charge is 0.257 e. The minimum Gasteiger partial charge on any atom is -0.484 e. The molecule has 0 spiro atoms. The van der Waals surface area contributed by atoms with Gasteiger partial charge in [-0.3, -0.25) is 9.59 Å². The van der Waals surface area contributed by atoms with Gasteiger partial charge in [0, 0.05) is 24.1 Å². The largest absolute Gasteiger partial charge is 0.484 e. The highest BCUT2D eigenvalue weighted by atomic mass is 19.1. The first-order valence-corrected chi connectivity index (χ1v) is 9.61. The van der Waals surface area contributed by atoms with E-state index in [0.717, 1.165) is 10.9 Å². The zero-order valence-corrected chi connectivity index (χ0v) is 16.9. The van der Waals surface area contributed by atoms with Crippen LogP contribution in [-0.2, 0) is 11.3 Å². The summed E-state index contributed by atoms with van der Waals surface area (Å²) in [5.74, 6) is 0.318. The number of benzene rings is 2. The van der Waals surface area contributed by atoms with E-state index in [4.69, 9.17) is 4.74 Å². The Hall–Kier alpha value is -3.15. The maximum absolute atomic E-state index is 13.6. The van der Waals surface area contributed by atoms with Crippen molar-refractivity contribution in [2.45, 2.75) is 27.3 Å². The van der Waals surface area contributed by atoms with Crippen LogP contribution < -0.4 is 15.6 Å². The Morgan fingerprint density at radius 3 is 2.69 bits per heavy atom. The zero-order valence-electron chi connectivity index (χ0n) is 16.9. The Balaban J connectivity index is 1.89. The number of fused-ring (bicyclic) bond motifs is 1. The normalized spacial score (nSPS) is 11.1. The monoisotopic (exact) mass is 396 g/mol. The molecule has 0 fully saturated rings. The van der Waals surface area contributed by atoms with Gasteiger partial charge in [-0.2, -0.15) is 0 Å². The number of nitrogens with zero attached hydrogens (tertiary/aromatic N) is 1. The number of carbonyl (C=O) groups is 1. The standard InChI is InChI=1S/C23H25FN2O3/c1-15(2)12-25-22(27)14-29-19-7-8-20-16(3)9-23(28)26(21(20)11-19)13-17-5-4-6-18(24)10-17/h4-11,15H,12-14H2,1-3H3,(H,25,27). The van der Waals surface area contributed by atoms with Gasteiger partial charge in [-0.1, -0.05) is 26.0 Å². The molecule has 3 rings (SSSR count). The number of aryl methyl sites for hydroxylation is 1. The number of ether oxygens (including phenoxy) is 1. The van der Waals surface area contributed by atoms with Gasteiger partial charge in [-0.05, 0) is 48.2 Å². The third-order valence-electron chi connectivity index (χ3n) is 4.60. The van der Waals surface area contributed by atoms with Gasteiger partial charge in [0.1, 0.15) is 11.6 Å². The Morgan fingerprint density at radius 1 is 1.17 bits per heavy atom. The molecule has 0 saturated carbocycles. The van der Waals surface area contributed by atoms with Crippen LogP contribution in [0.5, 0.6) is 5.75 Å². The molecular formula is C23H25FN2O3. The molecule has 0 aliphatic heterocycles. The second-order valence-corrected chi connectivity index (χ2v) is 7.55. The number of pyridine rings is 1. The Labute approximate surface area is 169 Å². The van der Waals surface area contributed by atoms with E-state index >= 15 is 0 Å². The molecule has 0 radical (unpaired) electrons. The van der Waals surface area contributed by atoms with Crippen molar-refractivity contribution in [1.82, 2.24) is 9.88 Å². The van der Waals surface area contributed by atoms with Gasteiger partial charge in [0.2, 0.25) is 0 Å². The fraction of sp³-hybridized carbons (Fsp3) is 0.304. The van der Waals surface area contributed by atoms with Crippen molar-refractivity contribution in [2.24, 2.45) is 5.92 Å². The van der Waals surface area contributed by atoms with E-state index < -0.39 is 0 Å². The highest BCUT2D eigenvalue weighted by Crippen LogP contribution is 2.23. The van der Waals surface area contributed by atoms with Crippen LogP contribution in [-0.4, -0.2) is 23.6 Å². The van der Waals surface area contributed by atoms with E-state index in [9.17, 15) is 14.0 Å².